The molecule has 1 atom stereocenters. The van der Waals surface area contributed by atoms with Gasteiger partial charge in [0.05, 0.1) is 6.67 Å². The Morgan fingerprint density at radius 3 is 2.92 bits per heavy atom. The van der Waals surface area contributed by atoms with Crippen LogP contribution in [0.4, 0.5) is 4.39 Å². The van der Waals surface area contributed by atoms with Gasteiger partial charge in [-0.3, -0.25) is 4.39 Å². The summed E-state index contributed by atoms with van der Waals surface area (Å²) in [7, 11) is 0. The highest BCUT2D eigenvalue weighted by Crippen LogP contribution is 2.23. The van der Waals surface area contributed by atoms with E-state index in [-0.39, 0.29) is 6.17 Å². The number of nitrogens with two attached hydrogens (primary N) is 1. The summed E-state index contributed by atoms with van der Waals surface area (Å²) in [5.74, 6) is 0.445. The van der Waals surface area contributed by atoms with Crippen LogP contribution in [0.3, 0.4) is 0 Å². The van der Waals surface area contributed by atoms with Crippen molar-refractivity contribution in [1.29, 1.82) is 0 Å². The van der Waals surface area contributed by atoms with Gasteiger partial charge in [-0.05, 0) is 6.08 Å². The topological polar surface area (TPSA) is 50.4 Å². The van der Waals surface area contributed by atoms with Gasteiger partial charge in [0.25, 0.3) is 0 Å². The molecule has 4 heteroatoms. The third-order valence-corrected chi connectivity index (χ3v) is 1.87. The molecule has 0 amide bonds. The number of nitrogens with one attached hydrogen (secondary N) is 1. The molecule has 0 aromatic rings. The third-order valence-electron chi connectivity index (χ3n) is 1.87. The average molecular weight is 171 g/mol. The zero-order chi connectivity index (χ0) is 9.19. The fourth-order valence-corrected chi connectivity index (χ4v) is 0.927. The van der Waals surface area contributed by atoms with Crippen LogP contribution >= 0.6 is 0 Å². The fraction of sp³-hybridized carbons (Fsp3) is 0.625. The molecule has 0 aliphatic carbocycles. The fourth-order valence-electron chi connectivity index (χ4n) is 0.927. The van der Waals surface area contributed by atoms with Gasteiger partial charge in [0.1, 0.15) is 12.0 Å². The highest BCUT2D eigenvalue weighted by molar-refractivity contribution is 5.91. The second-order valence-corrected chi connectivity index (χ2v) is 3.58. The molecule has 0 saturated carbocycles. The Hall–Kier alpha value is -1.06. The molecule has 1 rings (SSSR count). The van der Waals surface area contributed by atoms with Gasteiger partial charge in [0.15, 0.2) is 0 Å². The maximum atomic E-state index is 12.5. The van der Waals surface area contributed by atoms with Crippen molar-refractivity contribution in [2.45, 2.75) is 20.0 Å². The van der Waals surface area contributed by atoms with Crippen molar-refractivity contribution in [3.8, 4) is 0 Å². The number of alkyl halides is 1. The van der Waals surface area contributed by atoms with E-state index in [9.17, 15) is 4.39 Å². The number of halogens is 1. The quantitative estimate of drug-likeness (QED) is 0.645. The molecule has 1 aliphatic rings. The van der Waals surface area contributed by atoms with Crippen LogP contribution in [0.2, 0.25) is 0 Å². The predicted octanol–water partition coefficient (Wildman–Crippen LogP) is 0.782. The van der Waals surface area contributed by atoms with Crippen LogP contribution in [0.1, 0.15) is 13.8 Å². The Balaban J connectivity index is 2.72. The van der Waals surface area contributed by atoms with Crippen molar-refractivity contribution >= 4 is 5.84 Å². The van der Waals surface area contributed by atoms with E-state index in [1.165, 1.54) is 0 Å². The molecule has 0 radical (unpaired) electrons. The predicted molar refractivity (Wildman–Crippen MR) is 47.4 cm³/mol. The van der Waals surface area contributed by atoms with Gasteiger partial charge in [-0.15, -0.1) is 0 Å². The Morgan fingerprint density at radius 1 is 1.75 bits per heavy atom. The summed E-state index contributed by atoms with van der Waals surface area (Å²) in [4.78, 5) is 4.08. The lowest BCUT2D eigenvalue weighted by atomic mass is 9.91. The summed E-state index contributed by atoms with van der Waals surface area (Å²) in [6, 6.07) is 0. The van der Waals surface area contributed by atoms with Crippen LogP contribution in [0.5, 0.6) is 0 Å². The Bertz CT molecular complexity index is 220. The van der Waals surface area contributed by atoms with Crippen molar-refractivity contribution in [2.24, 2.45) is 16.1 Å². The molecular weight excluding hydrogens is 157 g/mol. The van der Waals surface area contributed by atoms with Crippen LogP contribution in [0.25, 0.3) is 0 Å². The number of amidine groups is 1. The lowest BCUT2D eigenvalue weighted by Crippen LogP contribution is -2.42. The molecule has 0 aromatic heterocycles. The molecule has 1 heterocycles. The van der Waals surface area contributed by atoms with E-state index < -0.39 is 12.1 Å². The van der Waals surface area contributed by atoms with Crippen molar-refractivity contribution in [3.05, 3.63) is 12.3 Å². The van der Waals surface area contributed by atoms with Crippen molar-refractivity contribution in [1.82, 2.24) is 5.32 Å². The second kappa shape index (κ2) is 3.13. The first kappa shape index (κ1) is 9.03. The zero-order valence-electron chi connectivity index (χ0n) is 7.34. The standard InChI is InChI=1S/C8H14FN3/c1-8(2,5-9)7-11-4-3-6(10)12-7/h3-4,7,11H,5H2,1-2H3,(H2,10,12). The normalized spacial score (nSPS) is 23.2. The first-order chi connectivity index (χ1) is 5.56. The minimum Gasteiger partial charge on any atom is -0.384 e. The summed E-state index contributed by atoms with van der Waals surface area (Å²) in [6.45, 7) is 3.19. The summed E-state index contributed by atoms with van der Waals surface area (Å²) in [5.41, 5.74) is 4.97. The molecule has 68 valence electrons. The molecule has 0 fully saturated rings. The smallest absolute Gasteiger partial charge is 0.128 e. The highest BCUT2D eigenvalue weighted by Gasteiger charge is 2.29. The molecule has 3 N–H and O–H groups in total. The number of hydrogen-bond donors (Lipinski definition) is 2. The number of rotatable bonds is 2. The maximum absolute atomic E-state index is 12.5. The molecule has 1 unspecified atom stereocenters. The summed E-state index contributed by atoms with van der Waals surface area (Å²) in [6.07, 6.45) is 3.10. The molecule has 3 nitrogen and oxygen atoms in total. The molecular formula is C8H14FN3. The van der Waals surface area contributed by atoms with Gasteiger partial charge in [0.2, 0.25) is 0 Å². The summed E-state index contributed by atoms with van der Waals surface area (Å²) >= 11 is 0. The monoisotopic (exact) mass is 171 g/mol. The molecule has 0 saturated heterocycles. The van der Waals surface area contributed by atoms with E-state index in [2.05, 4.69) is 10.3 Å². The van der Waals surface area contributed by atoms with E-state index in [0.717, 1.165) is 0 Å². The van der Waals surface area contributed by atoms with Gasteiger partial charge in [0, 0.05) is 11.6 Å². The van der Waals surface area contributed by atoms with Gasteiger partial charge in [-0.25, -0.2) is 4.99 Å². The minimum absolute atomic E-state index is 0.257. The second-order valence-electron chi connectivity index (χ2n) is 3.58. The van der Waals surface area contributed by atoms with E-state index in [4.69, 9.17) is 5.73 Å². The average Bonchev–Trinajstić information content (AvgIpc) is 2.05. The van der Waals surface area contributed by atoms with E-state index in [1.54, 1.807) is 26.1 Å². The van der Waals surface area contributed by atoms with Crippen molar-refractivity contribution in [2.75, 3.05) is 6.67 Å². The molecule has 1 aliphatic heterocycles. The summed E-state index contributed by atoms with van der Waals surface area (Å²) in [5, 5.41) is 2.95. The van der Waals surface area contributed by atoms with Crippen LogP contribution in [0.15, 0.2) is 17.3 Å². The maximum Gasteiger partial charge on any atom is 0.128 e. The Kier molecular flexibility index (Phi) is 2.35. The van der Waals surface area contributed by atoms with Crippen LogP contribution in [0, 0.1) is 5.41 Å². The number of aliphatic imine (C=N–C) groups is 1. The van der Waals surface area contributed by atoms with E-state index >= 15 is 0 Å². The molecule has 0 aromatic carbocycles. The third kappa shape index (κ3) is 1.75. The van der Waals surface area contributed by atoms with E-state index in [0.29, 0.717) is 5.84 Å². The first-order valence-electron chi connectivity index (χ1n) is 3.88. The van der Waals surface area contributed by atoms with Gasteiger partial charge >= 0.3 is 0 Å². The molecule has 12 heavy (non-hydrogen) atoms. The van der Waals surface area contributed by atoms with Crippen molar-refractivity contribution in [3.63, 3.8) is 0 Å². The van der Waals surface area contributed by atoms with Gasteiger partial charge < -0.3 is 11.1 Å². The largest absolute Gasteiger partial charge is 0.384 e. The van der Waals surface area contributed by atoms with E-state index in [1.807, 2.05) is 0 Å². The Labute approximate surface area is 71.5 Å². The lowest BCUT2D eigenvalue weighted by Gasteiger charge is -2.30. The van der Waals surface area contributed by atoms with Crippen LogP contribution in [-0.2, 0) is 0 Å². The molecule has 0 bridgehead atoms. The zero-order valence-corrected chi connectivity index (χ0v) is 7.34. The number of hydrogen-bond acceptors (Lipinski definition) is 3. The molecule has 0 spiro atoms. The van der Waals surface area contributed by atoms with Crippen molar-refractivity contribution < 1.29 is 4.39 Å². The van der Waals surface area contributed by atoms with Crippen LogP contribution < -0.4 is 11.1 Å². The summed E-state index contributed by atoms with van der Waals surface area (Å²) < 4.78 is 12.5. The van der Waals surface area contributed by atoms with Gasteiger partial charge in [-0.1, -0.05) is 13.8 Å². The van der Waals surface area contributed by atoms with Crippen LogP contribution in [-0.4, -0.2) is 18.7 Å². The first-order valence-corrected chi connectivity index (χ1v) is 3.88. The highest BCUT2D eigenvalue weighted by atomic mass is 19.1. The van der Waals surface area contributed by atoms with Gasteiger partial charge in [-0.2, -0.15) is 0 Å². The minimum atomic E-state index is -0.505. The Morgan fingerprint density at radius 2 is 2.42 bits per heavy atom. The SMILES string of the molecule is CC(C)(CF)C1N=C(N)C=CN1. The number of nitrogens with zero attached hydrogens (tertiary/aromatic N) is 1. The lowest BCUT2D eigenvalue weighted by molar-refractivity contribution is 0.196.